The smallest absolute Gasteiger partial charge is 0.312 e. The monoisotopic (exact) mass is 559 g/mol. The van der Waals surface area contributed by atoms with Crippen molar-refractivity contribution < 1.29 is 29.3 Å². The molecule has 9 nitrogen and oxygen atoms in total. The van der Waals surface area contributed by atoms with Crippen molar-refractivity contribution in [2.75, 3.05) is 39.4 Å². The van der Waals surface area contributed by atoms with Gasteiger partial charge in [-0.1, -0.05) is 18.0 Å². The van der Waals surface area contributed by atoms with E-state index >= 15 is 0 Å². The second-order valence-electron chi connectivity index (χ2n) is 10.5. The first-order chi connectivity index (χ1) is 18.8. The summed E-state index contributed by atoms with van der Waals surface area (Å²) in [5.74, 6) is 0.0377. The van der Waals surface area contributed by atoms with Crippen molar-refractivity contribution in [3.8, 4) is 5.75 Å². The van der Waals surface area contributed by atoms with E-state index in [0.29, 0.717) is 43.0 Å². The van der Waals surface area contributed by atoms with Crippen LogP contribution in [0.15, 0.2) is 48.8 Å². The van der Waals surface area contributed by atoms with Gasteiger partial charge in [0, 0.05) is 37.1 Å². The highest BCUT2D eigenvalue weighted by Crippen LogP contribution is 2.38. The normalized spacial score (nSPS) is 23.3. The van der Waals surface area contributed by atoms with Crippen LogP contribution in [0.5, 0.6) is 5.75 Å². The number of aliphatic hydroxyl groups excluding tert-OH is 2. The molecule has 1 aromatic heterocycles. The molecule has 1 aromatic carbocycles. The molecular weight excluding hydrogens is 522 g/mol. The summed E-state index contributed by atoms with van der Waals surface area (Å²) in [4.78, 5) is 34.3. The number of esters is 1. The number of benzene rings is 1. The van der Waals surface area contributed by atoms with Crippen molar-refractivity contribution >= 4 is 23.5 Å². The molecule has 2 aliphatic heterocycles. The third-order valence-electron chi connectivity index (χ3n) is 7.79. The molecule has 1 amide bonds. The van der Waals surface area contributed by atoms with Crippen molar-refractivity contribution in [1.82, 2.24) is 14.8 Å². The summed E-state index contributed by atoms with van der Waals surface area (Å²) >= 11 is 5.91. The van der Waals surface area contributed by atoms with Gasteiger partial charge < -0.3 is 24.6 Å². The first-order valence-electron chi connectivity index (χ1n) is 13.7. The maximum Gasteiger partial charge on any atom is 0.312 e. The molecule has 0 saturated carbocycles. The van der Waals surface area contributed by atoms with Gasteiger partial charge in [-0.05, 0) is 87.2 Å². The minimum Gasteiger partial charge on any atom is -0.484 e. The van der Waals surface area contributed by atoms with Crippen molar-refractivity contribution in [1.29, 1.82) is 0 Å². The van der Waals surface area contributed by atoms with Gasteiger partial charge >= 0.3 is 5.97 Å². The maximum atomic E-state index is 13.3. The van der Waals surface area contributed by atoms with Crippen molar-refractivity contribution in [2.45, 2.75) is 57.3 Å². The maximum absolute atomic E-state index is 13.3. The number of likely N-dealkylation sites (tertiary alicyclic amines) is 1. The molecule has 10 heteroatoms. The number of hydrogen-bond acceptors (Lipinski definition) is 8. The minimum atomic E-state index is -1.22. The van der Waals surface area contributed by atoms with Crippen LogP contribution in [-0.2, 0) is 20.9 Å². The number of aliphatic hydroxyl groups is 2. The molecule has 2 N–H and O–H groups in total. The number of carbonyl (C=O) groups is 2. The van der Waals surface area contributed by atoms with E-state index in [1.54, 1.807) is 41.6 Å². The molecule has 0 bridgehead atoms. The van der Waals surface area contributed by atoms with Gasteiger partial charge in [-0.2, -0.15) is 0 Å². The molecule has 4 rings (SSSR count). The highest BCUT2D eigenvalue weighted by molar-refractivity contribution is 6.30. The van der Waals surface area contributed by atoms with E-state index in [2.05, 4.69) is 9.88 Å². The summed E-state index contributed by atoms with van der Waals surface area (Å²) in [6.45, 7) is 2.66. The molecule has 2 fully saturated rings. The van der Waals surface area contributed by atoms with E-state index in [4.69, 9.17) is 21.1 Å². The van der Waals surface area contributed by atoms with Crippen molar-refractivity contribution in [3.05, 3.63) is 59.4 Å². The van der Waals surface area contributed by atoms with Crippen LogP contribution >= 0.6 is 11.6 Å². The number of hydrogen-bond donors (Lipinski definition) is 2. The van der Waals surface area contributed by atoms with Gasteiger partial charge in [-0.3, -0.25) is 19.5 Å². The minimum absolute atomic E-state index is 0.140. The number of ether oxygens (including phenoxy) is 2. The highest BCUT2D eigenvalue weighted by atomic mass is 35.5. The Bertz CT molecular complexity index is 1060. The lowest BCUT2D eigenvalue weighted by Gasteiger charge is -2.40. The average molecular weight is 560 g/mol. The number of piperidine rings is 1. The van der Waals surface area contributed by atoms with E-state index in [-0.39, 0.29) is 38.1 Å². The molecule has 2 atom stereocenters. The topological polar surface area (TPSA) is 112 Å². The molecule has 0 aliphatic carbocycles. The van der Waals surface area contributed by atoms with Gasteiger partial charge in [0.15, 0.2) is 6.61 Å². The Balaban J connectivity index is 1.37. The zero-order chi connectivity index (χ0) is 27.7. The number of pyridine rings is 1. The number of halogens is 1. The van der Waals surface area contributed by atoms with Crippen LogP contribution in [0.25, 0.3) is 0 Å². The second-order valence-corrected chi connectivity index (χ2v) is 11.0. The van der Waals surface area contributed by atoms with Crippen LogP contribution in [0, 0.1) is 5.41 Å². The fourth-order valence-electron chi connectivity index (χ4n) is 5.24. The number of aromatic nitrogens is 1. The van der Waals surface area contributed by atoms with E-state index < -0.39 is 17.6 Å². The van der Waals surface area contributed by atoms with E-state index in [9.17, 15) is 19.8 Å². The Morgan fingerprint density at radius 3 is 2.44 bits per heavy atom. The highest BCUT2D eigenvalue weighted by Gasteiger charge is 2.42. The molecule has 212 valence electrons. The number of carbonyl (C=O) groups excluding carboxylic acids is 2. The zero-order valence-corrected chi connectivity index (χ0v) is 23.0. The third-order valence-corrected chi connectivity index (χ3v) is 8.04. The molecule has 2 saturated heterocycles. The summed E-state index contributed by atoms with van der Waals surface area (Å²) in [6.07, 6.45) is 4.83. The standard InChI is InChI=1S/C29H38ClN3O6/c30-23-3-5-24(6-4-23)38-21-27(36)33-15-2-1-10-29(28(37)39-20-26(35)25(34)9-16-33)11-17-32(18-12-29)19-22-7-13-31-14-8-22/h3-8,13-14,25-26,34-35H,1-2,9-12,15-21H2/t25-,26+/m0/s1. The summed E-state index contributed by atoms with van der Waals surface area (Å²) < 4.78 is 11.2. The Hall–Kier alpha value is -2.72. The average Bonchev–Trinajstić information content (AvgIpc) is 2.96. The van der Waals surface area contributed by atoms with Gasteiger partial charge in [0.2, 0.25) is 0 Å². The van der Waals surface area contributed by atoms with E-state index in [1.807, 2.05) is 12.1 Å². The fraction of sp³-hybridized carbons (Fsp3) is 0.552. The number of nitrogens with zero attached hydrogens (tertiary/aromatic N) is 3. The molecular formula is C29H38ClN3O6. The van der Waals surface area contributed by atoms with Crippen molar-refractivity contribution in [3.63, 3.8) is 0 Å². The van der Waals surface area contributed by atoms with Crippen LogP contribution < -0.4 is 4.74 Å². The van der Waals surface area contributed by atoms with Crippen molar-refractivity contribution in [2.24, 2.45) is 5.41 Å². The largest absolute Gasteiger partial charge is 0.484 e. The first kappa shape index (κ1) is 29.3. The summed E-state index contributed by atoms with van der Waals surface area (Å²) in [5, 5.41) is 21.5. The third kappa shape index (κ3) is 8.38. The van der Waals surface area contributed by atoms with Gasteiger partial charge in [-0.25, -0.2) is 0 Å². The second kappa shape index (κ2) is 14.1. The van der Waals surface area contributed by atoms with Crippen LogP contribution in [0.3, 0.4) is 0 Å². The van der Waals surface area contributed by atoms with Crippen LogP contribution in [-0.4, -0.2) is 88.5 Å². The fourth-order valence-corrected chi connectivity index (χ4v) is 5.37. The Morgan fingerprint density at radius 2 is 1.72 bits per heavy atom. The van der Waals surface area contributed by atoms with Gasteiger partial charge in [0.05, 0.1) is 11.5 Å². The zero-order valence-electron chi connectivity index (χ0n) is 22.2. The Labute approximate surface area is 234 Å². The quantitative estimate of drug-likeness (QED) is 0.538. The number of cyclic esters (lactones) is 1. The summed E-state index contributed by atoms with van der Waals surface area (Å²) in [6, 6.07) is 10.8. The predicted molar refractivity (Wildman–Crippen MR) is 146 cm³/mol. The van der Waals surface area contributed by atoms with E-state index in [0.717, 1.165) is 26.1 Å². The molecule has 0 radical (unpaired) electrons. The van der Waals surface area contributed by atoms with Crippen LogP contribution in [0.2, 0.25) is 5.02 Å². The van der Waals surface area contributed by atoms with Gasteiger partial charge in [-0.15, -0.1) is 0 Å². The van der Waals surface area contributed by atoms with Crippen LogP contribution in [0.1, 0.15) is 44.1 Å². The van der Waals surface area contributed by atoms with Crippen LogP contribution in [0.4, 0.5) is 0 Å². The predicted octanol–water partition coefficient (Wildman–Crippen LogP) is 3.06. The molecule has 2 aromatic rings. The Morgan fingerprint density at radius 1 is 1.00 bits per heavy atom. The lowest BCUT2D eigenvalue weighted by atomic mass is 9.74. The number of rotatable bonds is 5. The Kier molecular flexibility index (Phi) is 10.6. The summed E-state index contributed by atoms with van der Waals surface area (Å²) in [7, 11) is 0. The molecule has 39 heavy (non-hydrogen) atoms. The molecule has 2 aliphatic rings. The first-order valence-corrected chi connectivity index (χ1v) is 14.0. The molecule has 1 spiro atoms. The molecule has 3 heterocycles. The summed E-state index contributed by atoms with van der Waals surface area (Å²) in [5.41, 5.74) is 0.542. The SMILES string of the molecule is O=C(COc1ccc(Cl)cc1)N1CCCCC2(CCN(Cc3ccncc3)CC2)C(=O)OC[C@@H](O)[C@@H](O)CC1. The van der Waals surface area contributed by atoms with E-state index in [1.165, 1.54) is 5.56 Å². The van der Waals surface area contributed by atoms with Gasteiger partial charge in [0.25, 0.3) is 5.91 Å². The lowest BCUT2D eigenvalue weighted by Crippen LogP contribution is -2.45. The number of amides is 1. The van der Waals surface area contributed by atoms with Gasteiger partial charge in [0.1, 0.15) is 18.5 Å². The molecule has 0 unspecified atom stereocenters. The lowest BCUT2D eigenvalue weighted by molar-refractivity contribution is -0.165.